The monoisotopic (exact) mass is 266 g/mol. The van der Waals surface area contributed by atoms with Crippen molar-refractivity contribution in [3.05, 3.63) is 11.8 Å². The zero-order valence-electron chi connectivity index (χ0n) is 11.6. The van der Waals surface area contributed by atoms with Crippen LogP contribution in [-0.2, 0) is 9.53 Å². The minimum Gasteiger partial charge on any atom is -0.480 e. The van der Waals surface area contributed by atoms with Crippen molar-refractivity contribution < 1.29 is 9.53 Å². The van der Waals surface area contributed by atoms with Crippen molar-refractivity contribution in [2.24, 2.45) is 15.9 Å². The molecule has 1 aliphatic heterocycles. The van der Waals surface area contributed by atoms with Crippen molar-refractivity contribution in [3.8, 4) is 0 Å². The maximum absolute atomic E-state index is 12.3. The summed E-state index contributed by atoms with van der Waals surface area (Å²) in [5, 5.41) is 6.98. The van der Waals surface area contributed by atoms with Crippen LogP contribution in [0.15, 0.2) is 22.0 Å². The highest BCUT2D eigenvalue weighted by atomic mass is 16.5. The largest absolute Gasteiger partial charge is 0.480 e. The standard InChI is InChI=1S/C13H22N4O2/c1-10-7-5-4-6-8-17(10)13(18)11(14)9-12(19-3)16-15-2/h9-10H,2,4-8,14H2,1,3H3/t10-/m1/s1. The number of ether oxygens (including phenoxy) is 1. The molecule has 106 valence electrons. The molecule has 0 bridgehead atoms. The van der Waals surface area contributed by atoms with Crippen LogP contribution in [0.25, 0.3) is 0 Å². The molecular weight excluding hydrogens is 244 g/mol. The van der Waals surface area contributed by atoms with Gasteiger partial charge in [-0.05, 0) is 19.8 Å². The van der Waals surface area contributed by atoms with Gasteiger partial charge in [0.1, 0.15) is 5.70 Å². The Hall–Kier alpha value is -1.85. The highest BCUT2D eigenvalue weighted by Crippen LogP contribution is 2.17. The highest BCUT2D eigenvalue weighted by molar-refractivity contribution is 6.00. The van der Waals surface area contributed by atoms with E-state index in [1.165, 1.54) is 13.2 Å². The first-order chi connectivity index (χ1) is 9.10. The molecule has 1 amide bonds. The van der Waals surface area contributed by atoms with Gasteiger partial charge >= 0.3 is 0 Å². The fourth-order valence-electron chi connectivity index (χ4n) is 2.14. The molecule has 1 atom stereocenters. The van der Waals surface area contributed by atoms with Crippen LogP contribution in [0.1, 0.15) is 32.6 Å². The van der Waals surface area contributed by atoms with Crippen LogP contribution < -0.4 is 5.73 Å². The Balaban J connectivity index is 2.82. The van der Waals surface area contributed by atoms with Crippen molar-refractivity contribution in [1.29, 1.82) is 0 Å². The number of hydrogen-bond donors (Lipinski definition) is 1. The average molecular weight is 266 g/mol. The first-order valence-corrected chi connectivity index (χ1v) is 6.46. The number of amides is 1. The third-order valence-corrected chi connectivity index (χ3v) is 3.22. The van der Waals surface area contributed by atoms with Crippen LogP contribution in [0, 0.1) is 0 Å². The number of rotatable bonds is 3. The van der Waals surface area contributed by atoms with Gasteiger partial charge in [0.15, 0.2) is 0 Å². The summed E-state index contributed by atoms with van der Waals surface area (Å²) in [6.07, 6.45) is 5.72. The molecule has 0 aliphatic carbocycles. The Labute approximate surface area is 114 Å². The van der Waals surface area contributed by atoms with Gasteiger partial charge in [-0.15, -0.1) is 5.10 Å². The second kappa shape index (κ2) is 7.56. The molecule has 1 fully saturated rings. The van der Waals surface area contributed by atoms with E-state index in [0.717, 1.165) is 32.2 Å². The predicted octanol–water partition coefficient (Wildman–Crippen LogP) is 1.28. The zero-order valence-corrected chi connectivity index (χ0v) is 11.6. The van der Waals surface area contributed by atoms with Gasteiger partial charge in [-0.3, -0.25) is 4.79 Å². The molecule has 0 saturated carbocycles. The lowest BCUT2D eigenvalue weighted by atomic mass is 10.1. The summed E-state index contributed by atoms with van der Waals surface area (Å²) in [5.74, 6) is -0.00784. The third kappa shape index (κ3) is 4.39. The van der Waals surface area contributed by atoms with E-state index >= 15 is 0 Å². The molecule has 0 unspecified atom stereocenters. The lowest BCUT2D eigenvalue weighted by molar-refractivity contribution is -0.129. The van der Waals surface area contributed by atoms with Crippen LogP contribution >= 0.6 is 0 Å². The molecule has 0 aromatic rings. The summed E-state index contributed by atoms with van der Waals surface area (Å²) in [7, 11) is 1.44. The van der Waals surface area contributed by atoms with Crippen LogP contribution in [-0.4, -0.2) is 43.1 Å². The molecule has 1 saturated heterocycles. The van der Waals surface area contributed by atoms with Gasteiger partial charge in [0, 0.05) is 25.4 Å². The first-order valence-electron chi connectivity index (χ1n) is 6.46. The SMILES string of the molecule is C=NN=C(C=C(N)C(=O)N1CCCCC[C@H]1C)OC. The van der Waals surface area contributed by atoms with Gasteiger partial charge in [-0.2, -0.15) is 5.10 Å². The van der Waals surface area contributed by atoms with E-state index < -0.39 is 0 Å². The third-order valence-electron chi connectivity index (χ3n) is 3.22. The van der Waals surface area contributed by atoms with E-state index in [4.69, 9.17) is 10.5 Å². The van der Waals surface area contributed by atoms with E-state index in [1.807, 2.05) is 11.8 Å². The maximum Gasteiger partial charge on any atom is 0.270 e. The van der Waals surface area contributed by atoms with Crippen molar-refractivity contribution in [3.63, 3.8) is 0 Å². The summed E-state index contributed by atoms with van der Waals surface area (Å²) in [4.78, 5) is 14.1. The summed E-state index contributed by atoms with van der Waals surface area (Å²) < 4.78 is 4.94. The van der Waals surface area contributed by atoms with Gasteiger partial charge in [0.25, 0.3) is 5.91 Å². The molecule has 0 aromatic heterocycles. The highest BCUT2D eigenvalue weighted by Gasteiger charge is 2.23. The van der Waals surface area contributed by atoms with Crippen LogP contribution in [0.5, 0.6) is 0 Å². The van der Waals surface area contributed by atoms with E-state index in [9.17, 15) is 4.79 Å². The van der Waals surface area contributed by atoms with Gasteiger partial charge in [-0.25, -0.2) is 0 Å². The molecule has 6 nitrogen and oxygen atoms in total. The minimum absolute atomic E-state index is 0.109. The van der Waals surface area contributed by atoms with Gasteiger partial charge in [0.2, 0.25) is 5.90 Å². The van der Waals surface area contributed by atoms with Crippen molar-refractivity contribution in [1.82, 2.24) is 4.90 Å². The predicted molar refractivity (Wildman–Crippen MR) is 75.9 cm³/mol. The zero-order chi connectivity index (χ0) is 14.3. The van der Waals surface area contributed by atoms with Gasteiger partial charge < -0.3 is 15.4 Å². The average Bonchev–Trinajstić information content (AvgIpc) is 2.61. The van der Waals surface area contributed by atoms with Gasteiger partial charge in [-0.1, -0.05) is 12.8 Å². The fraction of sp³-hybridized carbons (Fsp3) is 0.615. The number of methoxy groups -OCH3 is 1. The van der Waals surface area contributed by atoms with E-state index in [0.29, 0.717) is 0 Å². The maximum atomic E-state index is 12.3. The quantitative estimate of drug-likeness (QED) is 0.361. The molecule has 0 spiro atoms. The number of hydrogen-bond acceptors (Lipinski definition) is 5. The molecule has 1 heterocycles. The summed E-state index contributed by atoms with van der Waals surface area (Å²) in [5.41, 5.74) is 5.92. The molecule has 19 heavy (non-hydrogen) atoms. The number of nitrogens with two attached hydrogens (primary N) is 1. The smallest absolute Gasteiger partial charge is 0.270 e. The Morgan fingerprint density at radius 3 is 2.84 bits per heavy atom. The lowest BCUT2D eigenvalue weighted by Gasteiger charge is -2.27. The fourth-order valence-corrected chi connectivity index (χ4v) is 2.14. The summed E-state index contributed by atoms with van der Waals surface area (Å²) in [6, 6.07) is 0.211. The molecule has 6 heteroatoms. The summed E-state index contributed by atoms with van der Waals surface area (Å²) in [6.45, 7) is 6.02. The number of carbonyl (C=O) groups is 1. The first kappa shape index (κ1) is 15.2. The molecule has 0 radical (unpaired) electrons. The van der Waals surface area contributed by atoms with E-state index in [2.05, 4.69) is 16.9 Å². The Morgan fingerprint density at radius 1 is 1.47 bits per heavy atom. The molecule has 0 aromatic carbocycles. The van der Waals surface area contributed by atoms with Crippen molar-refractivity contribution in [2.75, 3.05) is 13.7 Å². The van der Waals surface area contributed by atoms with Gasteiger partial charge in [0.05, 0.1) is 7.11 Å². The lowest BCUT2D eigenvalue weighted by Crippen LogP contribution is -2.41. The number of likely N-dealkylation sites (tertiary alicyclic amines) is 1. The topological polar surface area (TPSA) is 80.3 Å². The molecule has 1 rings (SSSR count). The van der Waals surface area contributed by atoms with E-state index in [-0.39, 0.29) is 23.5 Å². The Bertz CT molecular complexity index is 390. The van der Waals surface area contributed by atoms with E-state index in [1.54, 1.807) is 0 Å². The van der Waals surface area contributed by atoms with Crippen molar-refractivity contribution in [2.45, 2.75) is 38.6 Å². The second-order valence-corrected chi connectivity index (χ2v) is 4.58. The molecule has 2 N–H and O–H groups in total. The van der Waals surface area contributed by atoms with Crippen molar-refractivity contribution >= 4 is 18.5 Å². The second-order valence-electron chi connectivity index (χ2n) is 4.58. The van der Waals surface area contributed by atoms with Crippen LogP contribution in [0.3, 0.4) is 0 Å². The normalized spacial score (nSPS) is 21.8. The van der Waals surface area contributed by atoms with Crippen LogP contribution in [0.2, 0.25) is 0 Å². The Kier molecular flexibility index (Phi) is 6.05. The molecule has 1 aliphatic rings. The summed E-state index contributed by atoms with van der Waals surface area (Å²) >= 11 is 0. The number of carbonyl (C=O) groups excluding carboxylic acids is 1. The van der Waals surface area contributed by atoms with Crippen LogP contribution in [0.4, 0.5) is 0 Å². The Morgan fingerprint density at radius 2 is 2.21 bits per heavy atom. The molecular formula is C13H22N4O2. The number of nitrogens with zero attached hydrogens (tertiary/aromatic N) is 3. The minimum atomic E-state index is -0.178.